The molecule has 1 saturated heterocycles. The van der Waals surface area contributed by atoms with Gasteiger partial charge in [-0.25, -0.2) is 0 Å². The summed E-state index contributed by atoms with van der Waals surface area (Å²) in [4.78, 5) is 10.8. The van der Waals surface area contributed by atoms with Crippen molar-refractivity contribution in [1.82, 2.24) is 0 Å². The van der Waals surface area contributed by atoms with Crippen molar-refractivity contribution in [3.63, 3.8) is 0 Å². The molecule has 0 bridgehead atoms. The SMILES string of the molecule is O=C1CCCOCCC1. The molecule has 1 aliphatic heterocycles. The first kappa shape index (κ1) is 6.75. The largest absolute Gasteiger partial charge is 0.381 e. The number of hydrogen-bond acceptors (Lipinski definition) is 2. The Morgan fingerprint density at radius 3 is 2.22 bits per heavy atom. The minimum atomic E-state index is 0.401. The molecule has 0 spiro atoms. The zero-order chi connectivity index (χ0) is 6.53. The quantitative estimate of drug-likeness (QED) is 0.489. The average molecular weight is 128 g/mol. The van der Waals surface area contributed by atoms with E-state index in [9.17, 15) is 4.79 Å². The van der Waals surface area contributed by atoms with Crippen molar-refractivity contribution in [2.45, 2.75) is 25.7 Å². The van der Waals surface area contributed by atoms with Crippen molar-refractivity contribution in [2.75, 3.05) is 13.2 Å². The minimum absolute atomic E-state index is 0.401. The molecule has 0 radical (unpaired) electrons. The van der Waals surface area contributed by atoms with Crippen molar-refractivity contribution in [3.8, 4) is 0 Å². The van der Waals surface area contributed by atoms with Gasteiger partial charge in [-0.3, -0.25) is 4.79 Å². The lowest BCUT2D eigenvalue weighted by molar-refractivity contribution is -0.120. The Morgan fingerprint density at radius 1 is 1.11 bits per heavy atom. The van der Waals surface area contributed by atoms with E-state index in [2.05, 4.69) is 0 Å². The molecule has 0 unspecified atom stereocenters. The molecule has 1 heterocycles. The van der Waals surface area contributed by atoms with Crippen molar-refractivity contribution >= 4 is 5.78 Å². The summed E-state index contributed by atoms with van der Waals surface area (Å²) in [6.45, 7) is 1.54. The second-order valence-corrected chi connectivity index (χ2v) is 2.36. The van der Waals surface area contributed by atoms with Gasteiger partial charge in [0.05, 0.1) is 0 Å². The van der Waals surface area contributed by atoms with Gasteiger partial charge < -0.3 is 4.74 Å². The third kappa shape index (κ3) is 2.61. The monoisotopic (exact) mass is 128 g/mol. The van der Waals surface area contributed by atoms with Gasteiger partial charge in [-0.2, -0.15) is 0 Å². The van der Waals surface area contributed by atoms with Crippen LogP contribution in [0.4, 0.5) is 0 Å². The van der Waals surface area contributed by atoms with Crippen molar-refractivity contribution in [1.29, 1.82) is 0 Å². The standard InChI is InChI=1S/C7H12O2/c8-7-3-1-5-9-6-2-4-7/h1-6H2. The first-order valence-corrected chi connectivity index (χ1v) is 3.49. The number of hydrogen-bond donors (Lipinski definition) is 0. The van der Waals surface area contributed by atoms with Crippen LogP contribution in [0.15, 0.2) is 0 Å². The molecule has 0 aliphatic carbocycles. The Balaban J connectivity index is 2.20. The third-order valence-corrected chi connectivity index (χ3v) is 1.49. The Labute approximate surface area is 55.2 Å². The summed E-state index contributed by atoms with van der Waals surface area (Å²) in [7, 11) is 0. The van der Waals surface area contributed by atoms with Crippen LogP contribution in [0.1, 0.15) is 25.7 Å². The van der Waals surface area contributed by atoms with Gasteiger partial charge in [0, 0.05) is 26.1 Å². The van der Waals surface area contributed by atoms with Crippen LogP contribution in [0.5, 0.6) is 0 Å². The van der Waals surface area contributed by atoms with Crippen LogP contribution in [-0.2, 0) is 9.53 Å². The van der Waals surface area contributed by atoms with E-state index in [1.807, 2.05) is 0 Å². The van der Waals surface area contributed by atoms with E-state index in [0.29, 0.717) is 5.78 Å². The second kappa shape index (κ2) is 3.62. The Morgan fingerprint density at radius 2 is 1.67 bits per heavy atom. The molecule has 1 aliphatic rings. The maximum Gasteiger partial charge on any atom is 0.133 e. The average Bonchev–Trinajstić information content (AvgIpc) is 1.79. The summed E-state index contributed by atoms with van der Waals surface area (Å²) in [6.07, 6.45) is 3.28. The minimum Gasteiger partial charge on any atom is -0.381 e. The normalized spacial score (nSPS) is 22.9. The second-order valence-electron chi connectivity index (χ2n) is 2.36. The molecule has 0 aromatic carbocycles. The van der Waals surface area contributed by atoms with E-state index in [-0.39, 0.29) is 0 Å². The number of carbonyl (C=O) groups excluding carboxylic acids is 1. The first-order chi connectivity index (χ1) is 4.39. The summed E-state index contributed by atoms with van der Waals surface area (Å²) in [5.41, 5.74) is 0. The zero-order valence-electron chi connectivity index (χ0n) is 5.56. The molecule has 1 fully saturated rings. The predicted molar refractivity (Wildman–Crippen MR) is 34.3 cm³/mol. The smallest absolute Gasteiger partial charge is 0.133 e. The fraction of sp³-hybridized carbons (Fsp3) is 0.857. The van der Waals surface area contributed by atoms with Gasteiger partial charge in [0.1, 0.15) is 5.78 Å². The molecule has 0 amide bonds. The molecule has 0 aromatic rings. The summed E-state index contributed by atoms with van der Waals surface area (Å²) >= 11 is 0. The van der Waals surface area contributed by atoms with Crippen molar-refractivity contribution in [3.05, 3.63) is 0 Å². The zero-order valence-corrected chi connectivity index (χ0v) is 5.56. The fourth-order valence-corrected chi connectivity index (χ4v) is 0.970. The van der Waals surface area contributed by atoms with Gasteiger partial charge in [0.25, 0.3) is 0 Å². The highest BCUT2D eigenvalue weighted by atomic mass is 16.5. The van der Waals surface area contributed by atoms with Gasteiger partial charge >= 0.3 is 0 Å². The lowest BCUT2D eigenvalue weighted by Crippen LogP contribution is -2.08. The van der Waals surface area contributed by atoms with E-state index in [4.69, 9.17) is 4.74 Å². The van der Waals surface area contributed by atoms with Gasteiger partial charge in [0.15, 0.2) is 0 Å². The van der Waals surface area contributed by atoms with E-state index in [1.165, 1.54) is 0 Å². The van der Waals surface area contributed by atoms with Crippen molar-refractivity contribution < 1.29 is 9.53 Å². The summed E-state index contributed by atoms with van der Waals surface area (Å²) in [5.74, 6) is 0.401. The highest BCUT2D eigenvalue weighted by Crippen LogP contribution is 2.03. The van der Waals surface area contributed by atoms with Crippen LogP contribution in [-0.4, -0.2) is 19.0 Å². The van der Waals surface area contributed by atoms with Gasteiger partial charge in [0.2, 0.25) is 0 Å². The molecule has 0 atom stereocenters. The van der Waals surface area contributed by atoms with E-state index in [1.54, 1.807) is 0 Å². The van der Waals surface area contributed by atoms with Crippen LogP contribution < -0.4 is 0 Å². The molecule has 2 heteroatoms. The van der Waals surface area contributed by atoms with Crippen LogP contribution in [0.3, 0.4) is 0 Å². The predicted octanol–water partition coefficient (Wildman–Crippen LogP) is 1.15. The topological polar surface area (TPSA) is 26.3 Å². The molecule has 1 rings (SSSR count). The van der Waals surface area contributed by atoms with Crippen LogP contribution >= 0.6 is 0 Å². The number of Topliss-reactive ketones (excluding diaryl/α,β-unsaturated/α-hetero) is 1. The maximum absolute atomic E-state index is 10.8. The Hall–Kier alpha value is -0.370. The molecule has 0 N–H and O–H groups in total. The van der Waals surface area contributed by atoms with E-state index >= 15 is 0 Å². The summed E-state index contributed by atoms with van der Waals surface area (Å²) < 4.78 is 5.17. The van der Waals surface area contributed by atoms with Gasteiger partial charge in [-0.05, 0) is 12.8 Å². The molecule has 0 saturated carbocycles. The highest BCUT2D eigenvalue weighted by molar-refractivity contribution is 5.78. The molecular weight excluding hydrogens is 116 g/mol. The molecule has 0 aromatic heterocycles. The van der Waals surface area contributed by atoms with Crippen LogP contribution in [0, 0.1) is 0 Å². The fourth-order valence-electron chi connectivity index (χ4n) is 0.970. The summed E-state index contributed by atoms with van der Waals surface area (Å²) in [6, 6.07) is 0. The Kier molecular flexibility index (Phi) is 2.71. The van der Waals surface area contributed by atoms with E-state index in [0.717, 1.165) is 38.9 Å². The Bertz CT molecular complexity index is 89.1. The number of carbonyl (C=O) groups is 1. The number of ketones is 1. The number of rotatable bonds is 0. The molecular formula is C7H12O2. The molecule has 2 nitrogen and oxygen atoms in total. The van der Waals surface area contributed by atoms with Crippen molar-refractivity contribution in [2.24, 2.45) is 0 Å². The lowest BCUT2D eigenvalue weighted by Gasteiger charge is -2.07. The van der Waals surface area contributed by atoms with Crippen LogP contribution in [0.25, 0.3) is 0 Å². The van der Waals surface area contributed by atoms with Gasteiger partial charge in [-0.1, -0.05) is 0 Å². The first-order valence-electron chi connectivity index (χ1n) is 3.49. The molecule has 9 heavy (non-hydrogen) atoms. The lowest BCUT2D eigenvalue weighted by atomic mass is 10.1. The maximum atomic E-state index is 10.8. The van der Waals surface area contributed by atoms with Gasteiger partial charge in [-0.15, -0.1) is 0 Å². The third-order valence-electron chi connectivity index (χ3n) is 1.49. The van der Waals surface area contributed by atoms with Crippen LogP contribution in [0.2, 0.25) is 0 Å². The highest BCUT2D eigenvalue weighted by Gasteiger charge is 2.04. The summed E-state index contributed by atoms with van der Waals surface area (Å²) in [5, 5.41) is 0. The number of ether oxygens (including phenoxy) is 1. The van der Waals surface area contributed by atoms with E-state index < -0.39 is 0 Å². The molecule has 52 valence electrons.